The molecule has 0 spiro atoms. The van der Waals surface area contributed by atoms with Crippen LogP contribution in [0.2, 0.25) is 0 Å². The molecule has 0 aliphatic carbocycles. The third kappa shape index (κ3) is 4.84. The number of anilines is 1. The highest BCUT2D eigenvalue weighted by atomic mass is 16.5. The van der Waals surface area contributed by atoms with Gasteiger partial charge >= 0.3 is 0 Å². The molecule has 1 aromatic heterocycles. The van der Waals surface area contributed by atoms with Crippen LogP contribution in [-0.4, -0.2) is 49.7 Å². The zero-order chi connectivity index (χ0) is 18.9. The molecule has 0 saturated carbocycles. The van der Waals surface area contributed by atoms with Crippen LogP contribution in [0.3, 0.4) is 0 Å². The molecule has 0 unspecified atom stereocenters. The second kappa shape index (κ2) is 9.60. The number of rotatable bonds is 9. The first-order valence-electron chi connectivity index (χ1n) is 8.69. The summed E-state index contributed by atoms with van der Waals surface area (Å²) < 4.78 is 10.5. The average molecular weight is 358 g/mol. The van der Waals surface area contributed by atoms with E-state index in [1.165, 1.54) is 6.20 Å². The largest absolute Gasteiger partial charge is 0.493 e. The van der Waals surface area contributed by atoms with Crippen LogP contribution in [0, 0.1) is 0 Å². The van der Waals surface area contributed by atoms with Gasteiger partial charge in [0.25, 0.3) is 5.91 Å². The number of methoxy groups -OCH3 is 2. The fourth-order valence-corrected chi connectivity index (χ4v) is 2.60. The van der Waals surface area contributed by atoms with Gasteiger partial charge in [-0.3, -0.25) is 4.79 Å². The van der Waals surface area contributed by atoms with Crippen molar-refractivity contribution in [3.8, 4) is 11.5 Å². The summed E-state index contributed by atoms with van der Waals surface area (Å²) in [6.45, 7) is 6.30. The number of amides is 1. The molecule has 0 aliphatic heterocycles. The van der Waals surface area contributed by atoms with Crippen LogP contribution in [0.1, 0.15) is 29.9 Å². The van der Waals surface area contributed by atoms with Gasteiger partial charge in [0, 0.05) is 19.6 Å². The van der Waals surface area contributed by atoms with E-state index in [2.05, 4.69) is 34.0 Å². The lowest BCUT2D eigenvalue weighted by atomic mass is 10.1. The van der Waals surface area contributed by atoms with Crippen LogP contribution in [-0.2, 0) is 6.42 Å². The first-order valence-corrected chi connectivity index (χ1v) is 8.69. The van der Waals surface area contributed by atoms with Gasteiger partial charge in [0.1, 0.15) is 11.5 Å². The molecule has 0 bridgehead atoms. The smallest absolute Gasteiger partial charge is 0.271 e. The van der Waals surface area contributed by atoms with Crippen molar-refractivity contribution in [2.24, 2.45) is 0 Å². The molecule has 7 nitrogen and oxygen atoms in total. The maximum Gasteiger partial charge on any atom is 0.271 e. The molecule has 0 atom stereocenters. The molecule has 0 aliphatic rings. The highest BCUT2D eigenvalue weighted by Crippen LogP contribution is 2.27. The summed E-state index contributed by atoms with van der Waals surface area (Å²) in [4.78, 5) is 22.8. The molecule has 7 heteroatoms. The minimum absolute atomic E-state index is 0.232. The van der Waals surface area contributed by atoms with Crippen molar-refractivity contribution in [2.75, 3.05) is 38.8 Å². The van der Waals surface area contributed by atoms with Crippen molar-refractivity contribution >= 4 is 11.7 Å². The number of aromatic nitrogens is 2. The summed E-state index contributed by atoms with van der Waals surface area (Å²) in [7, 11) is 3.20. The topological polar surface area (TPSA) is 76.6 Å². The van der Waals surface area contributed by atoms with Crippen LogP contribution in [0.25, 0.3) is 0 Å². The summed E-state index contributed by atoms with van der Waals surface area (Å²) in [6.07, 6.45) is 3.83. The Balaban J connectivity index is 1.90. The molecule has 140 valence electrons. The van der Waals surface area contributed by atoms with Crippen LogP contribution < -0.4 is 19.7 Å². The molecule has 0 fully saturated rings. The van der Waals surface area contributed by atoms with Crippen LogP contribution in [0.15, 0.2) is 30.6 Å². The highest BCUT2D eigenvalue weighted by molar-refractivity contribution is 5.92. The van der Waals surface area contributed by atoms with Crippen molar-refractivity contribution in [1.29, 1.82) is 0 Å². The second-order valence-electron chi connectivity index (χ2n) is 5.63. The Morgan fingerprint density at radius 2 is 1.81 bits per heavy atom. The van der Waals surface area contributed by atoms with Crippen molar-refractivity contribution in [2.45, 2.75) is 20.3 Å². The summed E-state index contributed by atoms with van der Waals surface area (Å²) in [6, 6.07) is 5.71. The van der Waals surface area contributed by atoms with E-state index in [0.29, 0.717) is 30.2 Å². The summed E-state index contributed by atoms with van der Waals surface area (Å²) in [5.74, 6) is 1.90. The van der Waals surface area contributed by atoms with E-state index < -0.39 is 0 Å². The van der Waals surface area contributed by atoms with Crippen molar-refractivity contribution in [3.63, 3.8) is 0 Å². The lowest BCUT2D eigenvalue weighted by Gasteiger charge is -2.18. The van der Waals surface area contributed by atoms with Gasteiger partial charge in [-0.15, -0.1) is 0 Å². The molecule has 1 aromatic carbocycles. The molecule has 2 rings (SSSR count). The third-order valence-electron chi connectivity index (χ3n) is 4.11. The van der Waals surface area contributed by atoms with E-state index in [9.17, 15) is 4.79 Å². The second-order valence-corrected chi connectivity index (χ2v) is 5.63. The predicted molar refractivity (Wildman–Crippen MR) is 101 cm³/mol. The number of hydrogen-bond acceptors (Lipinski definition) is 6. The normalized spacial score (nSPS) is 10.3. The molecule has 1 N–H and O–H groups in total. The van der Waals surface area contributed by atoms with Gasteiger partial charge in [-0.2, -0.15) is 0 Å². The molecule has 1 heterocycles. The number of benzene rings is 1. The number of carbonyl (C=O) groups excluding carboxylic acids is 1. The fraction of sp³-hybridized carbons (Fsp3) is 0.421. The molecular formula is C19H26N4O3. The third-order valence-corrected chi connectivity index (χ3v) is 4.11. The Kier molecular flexibility index (Phi) is 7.20. The standard InChI is InChI=1S/C19H26N4O3/c1-5-23(6-2)18-13-21-15(12-22-18)19(24)20-10-9-14-7-8-16(25-3)17(11-14)26-4/h7-8,11-13H,5-6,9-10H2,1-4H3,(H,20,24). The SMILES string of the molecule is CCN(CC)c1cnc(C(=O)NCCc2ccc(OC)c(OC)c2)cn1. The van der Waals surface area contributed by atoms with E-state index in [1.54, 1.807) is 20.4 Å². The van der Waals surface area contributed by atoms with Crippen molar-refractivity contribution < 1.29 is 14.3 Å². The zero-order valence-electron chi connectivity index (χ0n) is 15.8. The molecule has 0 radical (unpaired) electrons. The van der Waals surface area contributed by atoms with Gasteiger partial charge in [-0.25, -0.2) is 9.97 Å². The lowest BCUT2D eigenvalue weighted by molar-refractivity contribution is 0.0949. The first kappa shape index (κ1) is 19.5. The summed E-state index contributed by atoms with van der Waals surface area (Å²) >= 11 is 0. The molecule has 26 heavy (non-hydrogen) atoms. The fourth-order valence-electron chi connectivity index (χ4n) is 2.60. The highest BCUT2D eigenvalue weighted by Gasteiger charge is 2.10. The monoisotopic (exact) mass is 358 g/mol. The van der Waals surface area contributed by atoms with Gasteiger partial charge in [0.2, 0.25) is 0 Å². The molecular weight excluding hydrogens is 332 g/mol. The van der Waals surface area contributed by atoms with Gasteiger partial charge < -0.3 is 19.7 Å². The molecule has 1 amide bonds. The van der Waals surface area contributed by atoms with E-state index in [1.807, 2.05) is 18.2 Å². The average Bonchev–Trinajstić information content (AvgIpc) is 2.69. The molecule has 0 saturated heterocycles. The Morgan fingerprint density at radius 3 is 2.38 bits per heavy atom. The minimum Gasteiger partial charge on any atom is -0.493 e. The number of nitrogens with zero attached hydrogens (tertiary/aromatic N) is 3. The van der Waals surface area contributed by atoms with Gasteiger partial charge in [-0.05, 0) is 38.0 Å². The van der Waals surface area contributed by atoms with Crippen LogP contribution in [0.5, 0.6) is 11.5 Å². The predicted octanol–water partition coefficient (Wildman–Crippen LogP) is 2.31. The van der Waals surface area contributed by atoms with E-state index in [-0.39, 0.29) is 5.91 Å². The Hall–Kier alpha value is -2.83. The van der Waals surface area contributed by atoms with Crippen molar-refractivity contribution in [3.05, 3.63) is 41.9 Å². The van der Waals surface area contributed by atoms with Gasteiger partial charge in [0.15, 0.2) is 11.5 Å². The van der Waals surface area contributed by atoms with Gasteiger partial charge in [0.05, 0.1) is 26.6 Å². The summed E-state index contributed by atoms with van der Waals surface area (Å²) in [5, 5.41) is 2.86. The Labute approximate surface area is 154 Å². The summed E-state index contributed by atoms with van der Waals surface area (Å²) in [5.41, 5.74) is 1.36. The lowest BCUT2D eigenvalue weighted by Crippen LogP contribution is -2.27. The quantitative estimate of drug-likeness (QED) is 0.741. The Bertz CT molecular complexity index is 715. The van der Waals surface area contributed by atoms with Gasteiger partial charge in [-0.1, -0.05) is 6.07 Å². The maximum absolute atomic E-state index is 12.2. The van der Waals surface area contributed by atoms with Crippen LogP contribution in [0.4, 0.5) is 5.82 Å². The van der Waals surface area contributed by atoms with E-state index in [4.69, 9.17) is 9.47 Å². The van der Waals surface area contributed by atoms with E-state index >= 15 is 0 Å². The minimum atomic E-state index is -0.232. The first-order chi connectivity index (χ1) is 12.6. The van der Waals surface area contributed by atoms with Crippen molar-refractivity contribution in [1.82, 2.24) is 15.3 Å². The number of carbonyl (C=O) groups is 1. The Morgan fingerprint density at radius 1 is 1.08 bits per heavy atom. The number of ether oxygens (including phenoxy) is 2. The van der Waals surface area contributed by atoms with Crippen LogP contribution >= 0.6 is 0 Å². The number of nitrogens with one attached hydrogen (secondary N) is 1. The molecule has 2 aromatic rings. The maximum atomic E-state index is 12.2. The zero-order valence-corrected chi connectivity index (χ0v) is 15.8. The van der Waals surface area contributed by atoms with E-state index in [0.717, 1.165) is 24.5 Å². The number of hydrogen-bond donors (Lipinski definition) is 1.